The van der Waals surface area contributed by atoms with Gasteiger partial charge in [0.25, 0.3) is 0 Å². The lowest BCUT2D eigenvalue weighted by Crippen LogP contribution is -2.14. The van der Waals surface area contributed by atoms with E-state index in [1.807, 2.05) is 19.0 Å². The molecule has 17 heavy (non-hydrogen) atoms. The van der Waals surface area contributed by atoms with Crippen LogP contribution in [0.5, 0.6) is 0 Å². The Kier molecular flexibility index (Phi) is 4.23. The van der Waals surface area contributed by atoms with E-state index in [9.17, 15) is 0 Å². The van der Waals surface area contributed by atoms with Crippen LogP contribution in [-0.2, 0) is 6.54 Å². The van der Waals surface area contributed by atoms with Crippen LogP contribution in [0.25, 0.3) is 0 Å². The molecule has 1 aliphatic rings. The van der Waals surface area contributed by atoms with Crippen LogP contribution in [0.3, 0.4) is 0 Å². The van der Waals surface area contributed by atoms with Crippen LogP contribution in [0.2, 0.25) is 10.3 Å². The molecule has 3 nitrogen and oxygen atoms in total. The molecule has 0 atom stereocenters. The van der Waals surface area contributed by atoms with Gasteiger partial charge < -0.3 is 4.90 Å². The fourth-order valence-electron chi connectivity index (χ4n) is 2.36. The molecule has 0 aliphatic heterocycles. The molecule has 1 aromatic rings. The van der Waals surface area contributed by atoms with E-state index < -0.39 is 0 Å². The highest BCUT2D eigenvalue weighted by atomic mass is 35.5. The number of aromatic nitrogens is 2. The van der Waals surface area contributed by atoms with Gasteiger partial charge in [0.1, 0.15) is 16.1 Å². The Morgan fingerprint density at radius 3 is 2.12 bits per heavy atom. The molecule has 0 amide bonds. The number of hydrogen-bond acceptors (Lipinski definition) is 3. The van der Waals surface area contributed by atoms with Gasteiger partial charge in [-0.1, -0.05) is 36.0 Å². The summed E-state index contributed by atoms with van der Waals surface area (Å²) in [6, 6.07) is 0. The average Bonchev–Trinajstić information content (AvgIpc) is 2.68. The second-order valence-corrected chi connectivity index (χ2v) is 5.57. The van der Waals surface area contributed by atoms with Gasteiger partial charge in [0.05, 0.1) is 6.54 Å². The monoisotopic (exact) mass is 273 g/mol. The Morgan fingerprint density at radius 1 is 1.12 bits per heavy atom. The van der Waals surface area contributed by atoms with Crippen molar-refractivity contribution < 1.29 is 0 Å². The van der Waals surface area contributed by atoms with Crippen molar-refractivity contribution in [2.75, 3.05) is 14.1 Å². The molecule has 0 spiro atoms. The topological polar surface area (TPSA) is 29.0 Å². The maximum absolute atomic E-state index is 6.24. The minimum atomic E-state index is 0.448. The summed E-state index contributed by atoms with van der Waals surface area (Å²) >= 11 is 12.5. The van der Waals surface area contributed by atoms with Crippen molar-refractivity contribution in [3.63, 3.8) is 0 Å². The third kappa shape index (κ3) is 3.09. The fourth-order valence-corrected chi connectivity index (χ4v) is 3.09. The highest BCUT2D eigenvalue weighted by Gasteiger charge is 2.24. The normalized spacial score (nSPS) is 17.0. The molecule has 0 bridgehead atoms. The first-order valence-electron chi connectivity index (χ1n) is 5.94. The smallest absolute Gasteiger partial charge is 0.145 e. The van der Waals surface area contributed by atoms with Gasteiger partial charge >= 0.3 is 0 Å². The first kappa shape index (κ1) is 13.1. The van der Waals surface area contributed by atoms with Crippen LogP contribution in [0.1, 0.15) is 43.0 Å². The van der Waals surface area contributed by atoms with Gasteiger partial charge in [-0.3, -0.25) is 0 Å². The van der Waals surface area contributed by atoms with Crippen molar-refractivity contribution in [2.24, 2.45) is 0 Å². The van der Waals surface area contributed by atoms with Crippen molar-refractivity contribution in [1.82, 2.24) is 14.9 Å². The van der Waals surface area contributed by atoms with Gasteiger partial charge in [0.2, 0.25) is 0 Å². The molecule has 0 unspecified atom stereocenters. The molecule has 1 aromatic heterocycles. The zero-order valence-electron chi connectivity index (χ0n) is 10.2. The lowest BCUT2D eigenvalue weighted by Gasteiger charge is -2.15. The Bertz CT molecular complexity index is 378. The zero-order chi connectivity index (χ0) is 12.4. The summed E-state index contributed by atoms with van der Waals surface area (Å²) < 4.78 is 0. The van der Waals surface area contributed by atoms with Crippen molar-refractivity contribution >= 4 is 23.2 Å². The summed E-state index contributed by atoms with van der Waals surface area (Å²) in [6.45, 7) is 0.657. The van der Waals surface area contributed by atoms with E-state index in [0.717, 1.165) is 18.4 Å². The van der Waals surface area contributed by atoms with Crippen LogP contribution in [0, 0.1) is 0 Å². The van der Waals surface area contributed by atoms with Gasteiger partial charge in [-0.25, -0.2) is 9.97 Å². The van der Waals surface area contributed by atoms with Gasteiger partial charge in [0.15, 0.2) is 0 Å². The van der Waals surface area contributed by atoms with Crippen molar-refractivity contribution in [2.45, 2.75) is 38.1 Å². The molecule has 2 rings (SSSR count). The van der Waals surface area contributed by atoms with E-state index in [1.54, 1.807) is 0 Å². The molecule has 1 saturated carbocycles. The van der Waals surface area contributed by atoms with Crippen LogP contribution < -0.4 is 0 Å². The van der Waals surface area contributed by atoms with Crippen LogP contribution in [0.15, 0.2) is 0 Å². The maximum atomic E-state index is 6.24. The third-order valence-corrected chi connectivity index (χ3v) is 3.70. The van der Waals surface area contributed by atoms with Crippen LogP contribution >= 0.6 is 23.2 Å². The largest absolute Gasteiger partial charge is 0.302 e. The Balaban J connectivity index is 2.28. The molecular formula is C12H17Cl2N3. The first-order valence-corrected chi connectivity index (χ1v) is 6.70. The summed E-state index contributed by atoms with van der Waals surface area (Å²) in [5, 5.41) is 1.07. The van der Waals surface area contributed by atoms with E-state index in [0.29, 0.717) is 28.6 Å². The van der Waals surface area contributed by atoms with E-state index in [-0.39, 0.29) is 0 Å². The van der Waals surface area contributed by atoms with E-state index in [2.05, 4.69) is 9.97 Å². The third-order valence-electron chi connectivity index (χ3n) is 3.12. The van der Waals surface area contributed by atoms with Crippen molar-refractivity contribution in [3.05, 3.63) is 21.7 Å². The Labute approximate surface area is 112 Å². The highest BCUT2D eigenvalue weighted by Crippen LogP contribution is 2.39. The zero-order valence-corrected chi connectivity index (χ0v) is 11.7. The van der Waals surface area contributed by atoms with Gasteiger partial charge in [-0.15, -0.1) is 0 Å². The van der Waals surface area contributed by atoms with Crippen LogP contribution in [-0.4, -0.2) is 29.0 Å². The Morgan fingerprint density at radius 2 is 1.65 bits per heavy atom. The fraction of sp³-hybridized carbons (Fsp3) is 0.667. The van der Waals surface area contributed by atoms with E-state index >= 15 is 0 Å². The minimum absolute atomic E-state index is 0.448. The molecular weight excluding hydrogens is 257 g/mol. The second kappa shape index (κ2) is 5.51. The van der Waals surface area contributed by atoms with E-state index in [1.165, 1.54) is 12.8 Å². The molecule has 0 radical (unpaired) electrons. The Hall–Kier alpha value is -0.380. The highest BCUT2D eigenvalue weighted by molar-refractivity contribution is 6.34. The lowest BCUT2D eigenvalue weighted by atomic mass is 10.0. The van der Waals surface area contributed by atoms with Gasteiger partial charge in [-0.2, -0.15) is 0 Å². The number of nitrogens with zero attached hydrogens (tertiary/aromatic N) is 3. The molecule has 1 fully saturated rings. The molecule has 1 heterocycles. The maximum Gasteiger partial charge on any atom is 0.145 e. The second-order valence-electron chi connectivity index (χ2n) is 4.85. The molecule has 0 N–H and O–H groups in total. The summed E-state index contributed by atoms with van der Waals surface area (Å²) in [4.78, 5) is 10.7. The molecule has 94 valence electrons. The summed E-state index contributed by atoms with van der Waals surface area (Å²) in [5.41, 5.74) is 0.952. The predicted molar refractivity (Wildman–Crippen MR) is 70.7 cm³/mol. The number of hydrogen-bond donors (Lipinski definition) is 0. The number of halogens is 2. The summed E-state index contributed by atoms with van der Waals surface area (Å²) in [6.07, 6.45) is 4.79. The molecule has 0 saturated heterocycles. The summed E-state index contributed by atoms with van der Waals surface area (Å²) in [7, 11) is 3.94. The minimum Gasteiger partial charge on any atom is -0.302 e. The van der Waals surface area contributed by atoms with Gasteiger partial charge in [-0.05, 0) is 32.9 Å². The first-order chi connectivity index (χ1) is 8.08. The van der Waals surface area contributed by atoms with Crippen molar-refractivity contribution in [1.29, 1.82) is 0 Å². The van der Waals surface area contributed by atoms with E-state index in [4.69, 9.17) is 23.2 Å². The lowest BCUT2D eigenvalue weighted by molar-refractivity contribution is 0.390. The number of rotatable bonds is 3. The standard InChI is InChI=1S/C12H17Cl2N3/c1-17(2)7-9-15-11(13)10(12(14)16-9)8-5-3-4-6-8/h8H,3-7H2,1-2H3. The van der Waals surface area contributed by atoms with Gasteiger partial charge in [0, 0.05) is 5.56 Å². The average molecular weight is 274 g/mol. The molecule has 0 aromatic carbocycles. The molecule has 1 aliphatic carbocycles. The predicted octanol–water partition coefficient (Wildman–Crippen LogP) is 3.50. The SMILES string of the molecule is CN(C)Cc1nc(Cl)c(C2CCCC2)c(Cl)n1. The summed E-state index contributed by atoms with van der Waals surface area (Å²) in [5.74, 6) is 1.13. The van der Waals surface area contributed by atoms with Crippen LogP contribution in [0.4, 0.5) is 0 Å². The molecule has 5 heteroatoms. The van der Waals surface area contributed by atoms with Crippen molar-refractivity contribution in [3.8, 4) is 0 Å². The quantitative estimate of drug-likeness (QED) is 0.790.